The molecule has 3 rings (SSSR count). The van der Waals surface area contributed by atoms with Crippen molar-refractivity contribution in [1.82, 2.24) is 20.0 Å². The van der Waals surface area contributed by atoms with Crippen molar-refractivity contribution in [2.75, 3.05) is 6.54 Å². The van der Waals surface area contributed by atoms with Crippen LogP contribution in [0.3, 0.4) is 0 Å². The van der Waals surface area contributed by atoms with Crippen LogP contribution in [0.2, 0.25) is 0 Å². The van der Waals surface area contributed by atoms with Gasteiger partial charge in [-0.2, -0.15) is 5.10 Å². The SMILES string of the molecule is CCCCN(C(=O)c1ccn(-c2cccc(F)c2)n1)C1CC(C)(C)NC(C)(C)C1. The molecule has 0 unspecified atom stereocenters. The summed E-state index contributed by atoms with van der Waals surface area (Å²) in [5.41, 5.74) is 0.920. The van der Waals surface area contributed by atoms with Crippen molar-refractivity contribution in [3.8, 4) is 5.69 Å². The molecule has 29 heavy (non-hydrogen) atoms. The maximum Gasteiger partial charge on any atom is 0.274 e. The zero-order chi connectivity index (χ0) is 21.2. The molecule has 2 aromatic rings. The number of aromatic nitrogens is 2. The summed E-state index contributed by atoms with van der Waals surface area (Å²) in [6.45, 7) is 11.6. The smallest absolute Gasteiger partial charge is 0.274 e. The molecule has 158 valence electrons. The van der Waals surface area contributed by atoms with Crippen molar-refractivity contribution in [1.29, 1.82) is 0 Å². The second kappa shape index (κ2) is 8.27. The van der Waals surface area contributed by atoms with Gasteiger partial charge in [-0.25, -0.2) is 9.07 Å². The van der Waals surface area contributed by atoms with E-state index in [1.807, 2.05) is 4.90 Å². The van der Waals surface area contributed by atoms with Gasteiger partial charge in [0.1, 0.15) is 5.82 Å². The predicted octanol–water partition coefficient (Wildman–Crippen LogP) is 4.56. The number of nitrogens with zero attached hydrogens (tertiary/aromatic N) is 3. The fourth-order valence-electron chi connectivity index (χ4n) is 4.61. The standard InChI is InChI=1S/C23H33FN4O/c1-6-7-12-27(19-15-22(2,3)26-23(4,5)16-19)21(29)20-11-13-28(25-20)18-10-8-9-17(24)14-18/h8-11,13-14,19,26H,6-7,12,15-16H2,1-5H3. The molecule has 0 saturated carbocycles. The van der Waals surface area contributed by atoms with Crippen LogP contribution < -0.4 is 5.32 Å². The average Bonchev–Trinajstić information content (AvgIpc) is 3.09. The number of carbonyl (C=O) groups excluding carboxylic acids is 1. The summed E-state index contributed by atoms with van der Waals surface area (Å²) in [6.07, 6.45) is 5.50. The zero-order valence-corrected chi connectivity index (χ0v) is 18.2. The second-order valence-electron chi connectivity index (χ2n) is 9.43. The van der Waals surface area contributed by atoms with Gasteiger partial charge in [0.15, 0.2) is 5.69 Å². The van der Waals surface area contributed by atoms with Gasteiger partial charge in [0.2, 0.25) is 0 Å². The van der Waals surface area contributed by atoms with Crippen molar-refractivity contribution >= 4 is 5.91 Å². The van der Waals surface area contributed by atoms with E-state index in [-0.39, 0.29) is 28.8 Å². The molecule has 1 amide bonds. The molecule has 1 fully saturated rings. The first-order valence-corrected chi connectivity index (χ1v) is 10.5. The molecule has 0 bridgehead atoms. The topological polar surface area (TPSA) is 50.2 Å². The molecule has 1 aliphatic rings. The number of unbranched alkanes of at least 4 members (excludes halogenated alkanes) is 1. The number of rotatable bonds is 6. The van der Waals surface area contributed by atoms with Crippen LogP contribution in [-0.2, 0) is 0 Å². The summed E-state index contributed by atoms with van der Waals surface area (Å²) in [5.74, 6) is -0.373. The van der Waals surface area contributed by atoms with Crippen LogP contribution in [0.1, 0.15) is 70.8 Å². The summed E-state index contributed by atoms with van der Waals surface area (Å²) in [7, 11) is 0. The Bertz CT molecular complexity index is 842. The minimum absolute atomic E-state index is 0.0436. The maximum absolute atomic E-state index is 13.6. The van der Waals surface area contributed by atoms with Crippen LogP contribution in [0.5, 0.6) is 0 Å². The highest BCUT2D eigenvalue weighted by atomic mass is 19.1. The Morgan fingerprint density at radius 2 is 1.93 bits per heavy atom. The van der Waals surface area contributed by atoms with E-state index in [0.717, 1.165) is 32.2 Å². The van der Waals surface area contributed by atoms with Crippen LogP contribution in [0.25, 0.3) is 5.69 Å². The molecule has 2 heterocycles. The van der Waals surface area contributed by atoms with Gasteiger partial charge in [0.25, 0.3) is 5.91 Å². The lowest BCUT2D eigenvalue weighted by Crippen LogP contribution is -2.63. The van der Waals surface area contributed by atoms with Crippen molar-refractivity contribution in [2.45, 2.75) is 77.4 Å². The summed E-state index contributed by atoms with van der Waals surface area (Å²) in [5, 5.41) is 8.15. The number of halogens is 1. The Morgan fingerprint density at radius 1 is 1.24 bits per heavy atom. The van der Waals surface area contributed by atoms with Crippen molar-refractivity contribution < 1.29 is 9.18 Å². The van der Waals surface area contributed by atoms with Crippen LogP contribution in [0.15, 0.2) is 36.5 Å². The number of hydrogen-bond acceptors (Lipinski definition) is 3. The Labute approximate surface area is 173 Å². The average molecular weight is 401 g/mol. The van der Waals surface area contributed by atoms with Crippen molar-refractivity contribution in [2.24, 2.45) is 0 Å². The molecule has 1 aliphatic heterocycles. The highest BCUT2D eigenvalue weighted by Crippen LogP contribution is 2.32. The van der Waals surface area contributed by atoms with Crippen molar-refractivity contribution in [3.05, 3.63) is 48.0 Å². The maximum atomic E-state index is 13.6. The predicted molar refractivity (Wildman–Crippen MR) is 114 cm³/mol. The zero-order valence-electron chi connectivity index (χ0n) is 18.2. The van der Waals surface area contributed by atoms with Gasteiger partial charge in [-0.1, -0.05) is 19.4 Å². The van der Waals surface area contributed by atoms with Gasteiger partial charge < -0.3 is 10.2 Å². The number of hydrogen-bond donors (Lipinski definition) is 1. The number of carbonyl (C=O) groups is 1. The molecular weight excluding hydrogens is 367 g/mol. The molecule has 6 heteroatoms. The Balaban J connectivity index is 1.86. The van der Waals surface area contributed by atoms with Gasteiger partial charge in [-0.3, -0.25) is 4.79 Å². The van der Waals surface area contributed by atoms with Crippen LogP contribution in [0.4, 0.5) is 4.39 Å². The van der Waals surface area contributed by atoms with E-state index in [2.05, 4.69) is 45.0 Å². The lowest BCUT2D eigenvalue weighted by atomic mass is 9.79. The summed E-state index contributed by atoms with van der Waals surface area (Å²) < 4.78 is 15.1. The quantitative estimate of drug-likeness (QED) is 0.773. The first kappa shape index (κ1) is 21.5. The molecule has 1 aromatic heterocycles. The minimum atomic E-state index is -0.324. The molecule has 5 nitrogen and oxygen atoms in total. The third kappa shape index (κ3) is 5.24. The Hall–Kier alpha value is -2.21. The van der Waals surface area contributed by atoms with E-state index in [0.29, 0.717) is 11.4 Å². The van der Waals surface area contributed by atoms with Gasteiger partial charge in [-0.05, 0) is 71.2 Å². The number of piperidine rings is 1. The fraction of sp³-hybridized carbons (Fsp3) is 0.565. The lowest BCUT2D eigenvalue weighted by molar-refractivity contribution is 0.0436. The van der Waals surface area contributed by atoms with E-state index in [1.165, 1.54) is 12.1 Å². The monoisotopic (exact) mass is 400 g/mol. The minimum Gasteiger partial charge on any atom is -0.334 e. The molecule has 1 saturated heterocycles. The third-order valence-electron chi connectivity index (χ3n) is 5.50. The molecule has 0 aliphatic carbocycles. The van der Waals surface area contributed by atoms with Gasteiger partial charge in [0.05, 0.1) is 5.69 Å². The first-order valence-electron chi connectivity index (χ1n) is 10.5. The highest BCUT2D eigenvalue weighted by Gasteiger charge is 2.41. The summed E-state index contributed by atoms with van der Waals surface area (Å²) in [6, 6.07) is 8.10. The fourth-order valence-corrected chi connectivity index (χ4v) is 4.61. The van der Waals surface area contributed by atoms with Crippen molar-refractivity contribution in [3.63, 3.8) is 0 Å². The summed E-state index contributed by atoms with van der Waals surface area (Å²) >= 11 is 0. The molecule has 1 aromatic carbocycles. The molecular formula is C23H33FN4O. The Morgan fingerprint density at radius 3 is 2.55 bits per heavy atom. The van der Waals surface area contributed by atoms with Crippen LogP contribution >= 0.6 is 0 Å². The van der Waals surface area contributed by atoms with E-state index in [1.54, 1.807) is 29.1 Å². The van der Waals surface area contributed by atoms with E-state index in [9.17, 15) is 9.18 Å². The largest absolute Gasteiger partial charge is 0.334 e. The molecule has 1 N–H and O–H groups in total. The third-order valence-corrected chi connectivity index (χ3v) is 5.50. The number of amides is 1. The van der Waals surface area contributed by atoms with E-state index in [4.69, 9.17) is 0 Å². The van der Waals surface area contributed by atoms with Gasteiger partial charge >= 0.3 is 0 Å². The normalized spacial score (nSPS) is 18.6. The second-order valence-corrected chi connectivity index (χ2v) is 9.43. The van der Waals surface area contributed by atoms with Crippen LogP contribution in [-0.4, -0.2) is 44.3 Å². The van der Waals surface area contributed by atoms with Crippen LogP contribution in [0, 0.1) is 5.82 Å². The highest BCUT2D eigenvalue weighted by molar-refractivity contribution is 5.92. The van der Waals surface area contributed by atoms with Gasteiger partial charge in [-0.15, -0.1) is 0 Å². The number of nitrogens with one attached hydrogen (secondary N) is 1. The summed E-state index contributed by atoms with van der Waals surface area (Å²) in [4.78, 5) is 15.4. The Kier molecular flexibility index (Phi) is 6.13. The lowest BCUT2D eigenvalue weighted by Gasteiger charge is -2.49. The van der Waals surface area contributed by atoms with Gasteiger partial charge in [0, 0.05) is 29.9 Å². The number of benzene rings is 1. The first-order chi connectivity index (χ1) is 13.6. The molecule has 0 spiro atoms. The van der Waals surface area contributed by atoms with E-state index >= 15 is 0 Å². The van der Waals surface area contributed by atoms with E-state index < -0.39 is 0 Å². The molecule has 0 atom stereocenters. The molecule has 0 radical (unpaired) electrons.